The van der Waals surface area contributed by atoms with Crippen LogP contribution in [0.1, 0.15) is 35.1 Å². The third-order valence-electron chi connectivity index (χ3n) is 5.39. The van der Waals surface area contributed by atoms with Crippen LogP contribution in [0.5, 0.6) is 0 Å². The third kappa shape index (κ3) is 3.22. The zero-order chi connectivity index (χ0) is 20.7. The van der Waals surface area contributed by atoms with Gasteiger partial charge in [0, 0.05) is 18.7 Å². The quantitative estimate of drug-likeness (QED) is 0.668. The summed E-state index contributed by atoms with van der Waals surface area (Å²) < 4.78 is 28.3. The van der Waals surface area contributed by atoms with Crippen molar-refractivity contribution in [3.05, 3.63) is 77.1 Å². The summed E-state index contributed by atoms with van der Waals surface area (Å²) in [6, 6.07) is 13.1. The molecule has 2 aromatic carbocycles. The number of hydrogen-bond donors (Lipinski definition) is 0. The zero-order valence-electron chi connectivity index (χ0n) is 15.9. The van der Waals surface area contributed by atoms with Gasteiger partial charge >= 0.3 is 0 Å². The molecule has 4 rings (SSSR count). The fourth-order valence-electron chi connectivity index (χ4n) is 3.67. The maximum absolute atomic E-state index is 13.6. The second kappa shape index (κ2) is 7.22. The van der Waals surface area contributed by atoms with Crippen LogP contribution in [0, 0.1) is 23.0 Å². The second-order valence-electron chi connectivity index (χ2n) is 7.18. The maximum atomic E-state index is 13.6. The molecule has 2 atom stereocenters. The van der Waals surface area contributed by atoms with Crippen molar-refractivity contribution in [1.82, 2.24) is 14.5 Å². The van der Waals surface area contributed by atoms with Gasteiger partial charge < -0.3 is 0 Å². The lowest BCUT2D eigenvalue weighted by molar-refractivity contribution is 0.0963. The summed E-state index contributed by atoms with van der Waals surface area (Å²) in [7, 11) is 1.81. The third-order valence-corrected chi connectivity index (χ3v) is 5.39. The summed E-state index contributed by atoms with van der Waals surface area (Å²) in [6.45, 7) is 2.17. The Kier molecular flexibility index (Phi) is 4.73. The van der Waals surface area contributed by atoms with E-state index in [-0.39, 0.29) is 11.9 Å². The Balaban J connectivity index is 1.64. The van der Waals surface area contributed by atoms with Gasteiger partial charge in [-0.15, -0.1) is 0 Å². The molecule has 0 unspecified atom stereocenters. The van der Waals surface area contributed by atoms with Crippen LogP contribution < -0.4 is 0 Å². The van der Waals surface area contributed by atoms with Gasteiger partial charge in [-0.3, -0.25) is 14.3 Å². The monoisotopic (exact) mass is 392 g/mol. The summed E-state index contributed by atoms with van der Waals surface area (Å²) >= 11 is 0. The summed E-state index contributed by atoms with van der Waals surface area (Å²) in [5.41, 5.74) is 2.56. The van der Waals surface area contributed by atoms with Gasteiger partial charge in [0.15, 0.2) is 11.6 Å². The number of aromatic nitrogens is 2. The number of benzene rings is 2. The van der Waals surface area contributed by atoms with Crippen molar-refractivity contribution in [2.45, 2.75) is 18.9 Å². The Morgan fingerprint density at radius 3 is 2.72 bits per heavy atom. The number of likely N-dealkylation sites (N-methyl/N-ethyl adjacent to an activating group) is 1. The van der Waals surface area contributed by atoms with Gasteiger partial charge in [0.25, 0.3) is 5.91 Å². The van der Waals surface area contributed by atoms with Crippen LogP contribution in [0.4, 0.5) is 8.78 Å². The van der Waals surface area contributed by atoms with Gasteiger partial charge in [-0.2, -0.15) is 5.26 Å². The molecule has 7 heteroatoms. The number of hydrogen-bond acceptors (Lipinski definition) is 4. The van der Waals surface area contributed by atoms with E-state index in [1.165, 1.54) is 16.7 Å². The van der Waals surface area contributed by atoms with Crippen molar-refractivity contribution in [2.75, 3.05) is 13.6 Å². The lowest BCUT2D eigenvalue weighted by atomic mass is 9.95. The molecule has 0 saturated heterocycles. The van der Waals surface area contributed by atoms with E-state index in [4.69, 9.17) is 0 Å². The van der Waals surface area contributed by atoms with Gasteiger partial charge in [-0.05, 0) is 49.4 Å². The molecule has 1 aromatic heterocycles. The van der Waals surface area contributed by atoms with Crippen molar-refractivity contribution in [3.63, 3.8) is 0 Å². The molecule has 0 radical (unpaired) electrons. The van der Waals surface area contributed by atoms with Gasteiger partial charge in [-0.25, -0.2) is 13.8 Å². The molecule has 0 aliphatic carbocycles. The number of nitrogens with zero attached hydrogens (tertiary/aromatic N) is 4. The van der Waals surface area contributed by atoms with Crippen molar-refractivity contribution in [1.29, 1.82) is 5.26 Å². The molecule has 2 heterocycles. The Hall–Kier alpha value is -3.37. The minimum atomic E-state index is -0.904. The second-order valence-corrected chi connectivity index (χ2v) is 7.18. The number of allylic oxidation sites excluding steroid dienone is 1. The first-order valence-electron chi connectivity index (χ1n) is 9.17. The first-order valence-corrected chi connectivity index (χ1v) is 9.17. The number of carbonyl (C=O) groups excluding carboxylic acids is 1. The first kappa shape index (κ1) is 19.0. The average Bonchev–Trinajstić information content (AvgIpc) is 3.09. The molecule has 3 aromatic rings. The molecule has 0 spiro atoms. The molecule has 5 nitrogen and oxygen atoms in total. The number of rotatable bonds is 4. The molecule has 0 bridgehead atoms. The summed E-state index contributed by atoms with van der Waals surface area (Å²) in [6.07, 6.45) is 1.48. The van der Waals surface area contributed by atoms with Crippen LogP contribution in [-0.4, -0.2) is 34.0 Å². The van der Waals surface area contributed by atoms with Gasteiger partial charge in [0.05, 0.1) is 17.1 Å². The van der Waals surface area contributed by atoms with E-state index < -0.39 is 17.6 Å². The lowest BCUT2D eigenvalue weighted by Crippen LogP contribution is -2.30. The van der Waals surface area contributed by atoms with Crippen molar-refractivity contribution in [3.8, 4) is 6.07 Å². The van der Waals surface area contributed by atoms with Crippen molar-refractivity contribution < 1.29 is 13.6 Å². The van der Waals surface area contributed by atoms with Crippen LogP contribution in [0.3, 0.4) is 0 Å². The molecule has 1 aliphatic rings. The molecule has 0 amide bonds. The average molecular weight is 392 g/mol. The smallest absolute Gasteiger partial charge is 0.256 e. The Morgan fingerprint density at radius 1 is 1.24 bits per heavy atom. The summed E-state index contributed by atoms with van der Waals surface area (Å²) in [4.78, 5) is 19.2. The largest absolute Gasteiger partial charge is 0.296 e. The van der Waals surface area contributed by atoms with E-state index in [1.807, 2.05) is 31.0 Å². The highest BCUT2D eigenvalue weighted by Crippen LogP contribution is 2.32. The highest BCUT2D eigenvalue weighted by molar-refractivity contribution is 5.99. The van der Waals surface area contributed by atoms with Gasteiger partial charge in [0.2, 0.25) is 0 Å². The molecule has 0 fully saturated rings. The SMILES string of the molecule is C[C@H](c1ccc(F)c(F)c1)N(C)CC1=CC(=O)n2c(nc3ccccc32)[C@@H]1C#N. The van der Waals surface area contributed by atoms with E-state index in [9.17, 15) is 18.8 Å². The van der Waals surface area contributed by atoms with Crippen molar-refractivity contribution >= 4 is 16.9 Å². The molecule has 29 heavy (non-hydrogen) atoms. The van der Waals surface area contributed by atoms with Gasteiger partial charge in [0.1, 0.15) is 11.7 Å². The molecular formula is C22H18F2N4O. The predicted molar refractivity (Wildman–Crippen MR) is 104 cm³/mol. The molecule has 1 aliphatic heterocycles. The van der Waals surface area contributed by atoms with E-state index in [2.05, 4.69) is 11.1 Å². The molecule has 0 N–H and O–H groups in total. The van der Waals surface area contributed by atoms with Crippen LogP contribution in [0.2, 0.25) is 0 Å². The van der Waals surface area contributed by atoms with E-state index in [0.29, 0.717) is 34.5 Å². The Labute approximate surface area is 166 Å². The highest BCUT2D eigenvalue weighted by Gasteiger charge is 2.32. The normalized spacial score (nSPS) is 17.2. The topological polar surface area (TPSA) is 61.9 Å². The maximum Gasteiger partial charge on any atom is 0.256 e. The van der Waals surface area contributed by atoms with Gasteiger partial charge in [-0.1, -0.05) is 18.2 Å². The molecule has 0 saturated carbocycles. The number of fused-ring (bicyclic) bond motifs is 3. The molecular weight excluding hydrogens is 374 g/mol. The van der Waals surface area contributed by atoms with Crippen molar-refractivity contribution in [2.24, 2.45) is 0 Å². The summed E-state index contributed by atoms with van der Waals surface area (Å²) in [5.74, 6) is -2.31. The van der Waals surface area contributed by atoms with Crippen LogP contribution in [-0.2, 0) is 0 Å². The fraction of sp³-hybridized carbons (Fsp3) is 0.227. The number of nitriles is 1. The number of para-hydroxylation sites is 2. The van der Waals surface area contributed by atoms with E-state index >= 15 is 0 Å². The molecule has 146 valence electrons. The van der Waals surface area contributed by atoms with E-state index in [1.54, 1.807) is 12.1 Å². The van der Waals surface area contributed by atoms with Crippen LogP contribution in [0.25, 0.3) is 11.0 Å². The van der Waals surface area contributed by atoms with E-state index in [0.717, 1.165) is 12.1 Å². The van der Waals surface area contributed by atoms with Crippen LogP contribution >= 0.6 is 0 Å². The highest BCUT2D eigenvalue weighted by atomic mass is 19.2. The first-order chi connectivity index (χ1) is 13.9. The number of carbonyl (C=O) groups is 1. The fourth-order valence-corrected chi connectivity index (χ4v) is 3.67. The number of halogens is 2. The minimum absolute atomic E-state index is 0.246. The zero-order valence-corrected chi connectivity index (χ0v) is 15.9. The Bertz CT molecular complexity index is 1190. The summed E-state index contributed by atoms with van der Waals surface area (Å²) in [5, 5.41) is 9.79. The predicted octanol–water partition coefficient (Wildman–Crippen LogP) is 4.19. The van der Waals surface area contributed by atoms with Crippen LogP contribution in [0.15, 0.2) is 54.1 Å². The standard InChI is InChI=1S/C22H18F2N4O/c1-13(14-7-8-17(23)18(24)9-14)27(2)12-15-10-21(29)28-20-6-4-3-5-19(20)26-22(28)16(15)11-25/h3-10,13,16H,12H2,1-2H3/t13-,16-/m1/s1. The minimum Gasteiger partial charge on any atom is -0.296 e. The Morgan fingerprint density at radius 2 is 2.00 bits per heavy atom. The lowest BCUT2D eigenvalue weighted by Gasteiger charge is -2.29. The number of imidazole rings is 1.